The van der Waals surface area contributed by atoms with Crippen LogP contribution in [0.5, 0.6) is 0 Å². The fraction of sp³-hybridized carbons (Fsp3) is 1.00. The first-order valence-electron chi connectivity index (χ1n) is 9.33. The molecule has 0 N–H and O–H groups in total. The van der Waals surface area contributed by atoms with Crippen molar-refractivity contribution in [1.29, 1.82) is 0 Å². The fourth-order valence-corrected chi connectivity index (χ4v) is 4.11. The Balaban J connectivity index is 1.65. The maximum absolute atomic E-state index is 6.43. The Kier molecular flexibility index (Phi) is 5.58. The summed E-state index contributed by atoms with van der Waals surface area (Å²) in [4.78, 5) is 0. The van der Waals surface area contributed by atoms with Crippen LogP contribution in [-0.2, 0) is 14.2 Å². The van der Waals surface area contributed by atoms with E-state index in [1.165, 1.54) is 77.0 Å². The maximum Gasteiger partial charge on any atom is 0.283 e. The lowest BCUT2D eigenvalue weighted by molar-refractivity contribution is -0.417. The minimum atomic E-state index is -0.765. The van der Waals surface area contributed by atoms with Crippen LogP contribution in [0.2, 0.25) is 0 Å². The Labute approximate surface area is 129 Å². The summed E-state index contributed by atoms with van der Waals surface area (Å²) in [5.41, 5.74) is 0. The third-order valence-corrected chi connectivity index (χ3v) is 5.38. The third-order valence-electron chi connectivity index (χ3n) is 5.38. The first kappa shape index (κ1) is 15.8. The molecular formula is C18H32O3. The van der Waals surface area contributed by atoms with Gasteiger partial charge in [0.25, 0.3) is 5.97 Å². The Morgan fingerprint density at radius 3 is 1.14 bits per heavy atom. The average molecular weight is 296 g/mol. The molecule has 0 radical (unpaired) electrons. The summed E-state index contributed by atoms with van der Waals surface area (Å²) in [6.45, 7) is 2.15. The van der Waals surface area contributed by atoms with Crippen LogP contribution in [0.3, 0.4) is 0 Å². The highest BCUT2D eigenvalue weighted by Crippen LogP contribution is 2.37. The van der Waals surface area contributed by atoms with Crippen LogP contribution < -0.4 is 0 Å². The molecule has 0 bridgehead atoms. The molecule has 0 aliphatic heterocycles. The van der Waals surface area contributed by atoms with Gasteiger partial charge in [0.05, 0.1) is 18.3 Å². The van der Waals surface area contributed by atoms with Gasteiger partial charge in [-0.2, -0.15) is 0 Å². The highest BCUT2D eigenvalue weighted by atomic mass is 16.9. The van der Waals surface area contributed by atoms with E-state index >= 15 is 0 Å². The van der Waals surface area contributed by atoms with Crippen molar-refractivity contribution in [3.05, 3.63) is 0 Å². The standard InChI is InChI=1S/C18H32O3/c1-2-18(19-15-9-3-4-10-15,20-16-11-5-6-12-16)21-17-13-7-8-14-17/h15-17H,2-14H2,1H3. The molecule has 0 spiro atoms. The topological polar surface area (TPSA) is 27.7 Å². The molecule has 3 aliphatic carbocycles. The molecule has 3 fully saturated rings. The zero-order chi connectivity index (χ0) is 14.5. The van der Waals surface area contributed by atoms with Crippen molar-refractivity contribution < 1.29 is 14.2 Å². The zero-order valence-electron chi connectivity index (χ0n) is 13.6. The Bertz CT molecular complexity index is 254. The first-order valence-corrected chi connectivity index (χ1v) is 9.33. The Morgan fingerprint density at radius 2 is 0.905 bits per heavy atom. The number of rotatable bonds is 7. The van der Waals surface area contributed by atoms with Gasteiger partial charge in [0.1, 0.15) is 0 Å². The second-order valence-electron chi connectivity index (χ2n) is 7.11. The molecule has 0 heterocycles. The van der Waals surface area contributed by atoms with Gasteiger partial charge in [0, 0.05) is 6.42 Å². The van der Waals surface area contributed by atoms with E-state index in [1.807, 2.05) is 0 Å². The van der Waals surface area contributed by atoms with E-state index in [0.29, 0.717) is 18.3 Å². The Morgan fingerprint density at radius 1 is 0.619 bits per heavy atom. The molecular weight excluding hydrogens is 264 g/mol. The number of hydrogen-bond donors (Lipinski definition) is 0. The highest BCUT2D eigenvalue weighted by molar-refractivity contribution is 4.76. The maximum atomic E-state index is 6.43. The highest BCUT2D eigenvalue weighted by Gasteiger charge is 2.41. The van der Waals surface area contributed by atoms with E-state index in [-0.39, 0.29) is 0 Å². The van der Waals surface area contributed by atoms with E-state index in [0.717, 1.165) is 6.42 Å². The lowest BCUT2D eigenvalue weighted by atomic mass is 10.2. The van der Waals surface area contributed by atoms with Crippen molar-refractivity contribution in [2.75, 3.05) is 0 Å². The summed E-state index contributed by atoms with van der Waals surface area (Å²) in [7, 11) is 0. The quantitative estimate of drug-likeness (QED) is 0.624. The van der Waals surface area contributed by atoms with Crippen LogP contribution >= 0.6 is 0 Å². The summed E-state index contributed by atoms with van der Waals surface area (Å²) in [6.07, 6.45) is 16.6. The molecule has 0 saturated heterocycles. The molecule has 3 aliphatic rings. The lowest BCUT2D eigenvalue weighted by Gasteiger charge is -2.38. The second kappa shape index (κ2) is 7.43. The summed E-state index contributed by atoms with van der Waals surface area (Å²) >= 11 is 0. The van der Waals surface area contributed by atoms with Crippen molar-refractivity contribution >= 4 is 0 Å². The summed E-state index contributed by atoms with van der Waals surface area (Å²) in [6, 6.07) is 0. The first-order chi connectivity index (χ1) is 10.3. The molecule has 0 aromatic rings. The van der Waals surface area contributed by atoms with Gasteiger partial charge < -0.3 is 14.2 Å². The normalized spacial score (nSPS) is 26.1. The molecule has 3 heteroatoms. The van der Waals surface area contributed by atoms with E-state index in [1.54, 1.807) is 0 Å². The van der Waals surface area contributed by atoms with Crippen molar-refractivity contribution in [3.63, 3.8) is 0 Å². The molecule has 0 aromatic carbocycles. The molecule has 122 valence electrons. The molecule has 3 nitrogen and oxygen atoms in total. The van der Waals surface area contributed by atoms with Crippen molar-refractivity contribution in [2.24, 2.45) is 0 Å². The SMILES string of the molecule is CCC(OC1CCCC1)(OC1CCCC1)OC1CCCC1. The fourth-order valence-electron chi connectivity index (χ4n) is 4.11. The smallest absolute Gasteiger partial charge is 0.283 e. The van der Waals surface area contributed by atoms with Crippen LogP contribution in [0.15, 0.2) is 0 Å². The van der Waals surface area contributed by atoms with Crippen LogP contribution in [-0.4, -0.2) is 24.3 Å². The molecule has 0 aromatic heterocycles. The number of ether oxygens (including phenoxy) is 3. The van der Waals surface area contributed by atoms with Gasteiger partial charge in [-0.15, -0.1) is 0 Å². The van der Waals surface area contributed by atoms with E-state index in [4.69, 9.17) is 14.2 Å². The monoisotopic (exact) mass is 296 g/mol. The van der Waals surface area contributed by atoms with Gasteiger partial charge in [-0.05, 0) is 38.5 Å². The van der Waals surface area contributed by atoms with Crippen LogP contribution in [0.4, 0.5) is 0 Å². The predicted octanol–water partition coefficient (Wildman–Crippen LogP) is 4.93. The van der Waals surface area contributed by atoms with Crippen molar-refractivity contribution in [3.8, 4) is 0 Å². The van der Waals surface area contributed by atoms with Gasteiger partial charge in [0.15, 0.2) is 0 Å². The van der Waals surface area contributed by atoms with Gasteiger partial charge in [0.2, 0.25) is 0 Å². The molecule has 3 rings (SSSR count). The lowest BCUT2D eigenvalue weighted by Crippen LogP contribution is -2.45. The van der Waals surface area contributed by atoms with Gasteiger partial charge >= 0.3 is 0 Å². The summed E-state index contributed by atoms with van der Waals surface area (Å²) < 4.78 is 19.3. The molecule has 21 heavy (non-hydrogen) atoms. The largest absolute Gasteiger partial charge is 0.324 e. The van der Waals surface area contributed by atoms with Crippen LogP contribution in [0.1, 0.15) is 90.4 Å². The summed E-state index contributed by atoms with van der Waals surface area (Å²) in [5, 5.41) is 0. The number of hydrogen-bond acceptors (Lipinski definition) is 3. The predicted molar refractivity (Wildman–Crippen MR) is 83.0 cm³/mol. The van der Waals surface area contributed by atoms with Gasteiger partial charge in [-0.3, -0.25) is 0 Å². The van der Waals surface area contributed by atoms with Crippen molar-refractivity contribution in [1.82, 2.24) is 0 Å². The van der Waals surface area contributed by atoms with Crippen molar-refractivity contribution in [2.45, 2.75) is 115 Å². The molecule has 0 unspecified atom stereocenters. The average Bonchev–Trinajstić information content (AvgIpc) is 3.21. The molecule has 3 saturated carbocycles. The van der Waals surface area contributed by atoms with E-state index in [9.17, 15) is 0 Å². The van der Waals surface area contributed by atoms with Gasteiger partial charge in [-0.25, -0.2) is 0 Å². The minimum Gasteiger partial charge on any atom is -0.324 e. The van der Waals surface area contributed by atoms with Gasteiger partial charge in [-0.1, -0.05) is 45.4 Å². The van der Waals surface area contributed by atoms with Crippen LogP contribution in [0, 0.1) is 0 Å². The van der Waals surface area contributed by atoms with Crippen LogP contribution in [0.25, 0.3) is 0 Å². The Hall–Kier alpha value is -0.120. The zero-order valence-corrected chi connectivity index (χ0v) is 13.6. The second-order valence-corrected chi connectivity index (χ2v) is 7.11. The molecule has 0 atom stereocenters. The third kappa shape index (κ3) is 4.20. The summed E-state index contributed by atoms with van der Waals surface area (Å²) in [5.74, 6) is -0.765. The minimum absolute atomic E-state index is 0.341. The van der Waals surface area contributed by atoms with E-state index < -0.39 is 5.97 Å². The molecule has 0 amide bonds. The van der Waals surface area contributed by atoms with E-state index in [2.05, 4.69) is 6.92 Å².